The molecule has 0 heterocycles. The molecule has 0 aliphatic rings. The zero-order chi connectivity index (χ0) is 17.0. The molecular weight excluding hydrogens is 471 g/mol. The van der Waals surface area contributed by atoms with Crippen molar-refractivity contribution < 1.29 is 9.59 Å². The minimum Gasteiger partial charge on any atom is -0.326 e. The molecular formula is C15H10Br2Cl2N2O2. The summed E-state index contributed by atoms with van der Waals surface area (Å²) >= 11 is 18.4. The second kappa shape index (κ2) is 8.15. The summed E-state index contributed by atoms with van der Waals surface area (Å²) in [4.78, 5) is 23.7. The van der Waals surface area contributed by atoms with Crippen molar-refractivity contribution in [2.75, 3.05) is 10.6 Å². The zero-order valence-corrected chi connectivity index (χ0v) is 16.2. The molecule has 23 heavy (non-hydrogen) atoms. The molecule has 4 nitrogen and oxygen atoms in total. The second-order valence-electron chi connectivity index (χ2n) is 4.53. The molecule has 8 heteroatoms. The van der Waals surface area contributed by atoms with Gasteiger partial charge in [0.05, 0.1) is 10.0 Å². The maximum absolute atomic E-state index is 11.9. The lowest BCUT2D eigenvalue weighted by Crippen LogP contribution is -2.21. The molecule has 0 aliphatic carbocycles. The molecule has 2 N–H and O–H groups in total. The number of benzene rings is 2. The number of carbonyl (C=O) groups is 2. The van der Waals surface area contributed by atoms with E-state index in [2.05, 4.69) is 42.5 Å². The predicted octanol–water partition coefficient (Wildman–Crippen LogP) is 5.49. The van der Waals surface area contributed by atoms with Crippen molar-refractivity contribution in [2.45, 2.75) is 6.42 Å². The first kappa shape index (κ1) is 18.3. The first-order valence-electron chi connectivity index (χ1n) is 6.35. The highest BCUT2D eigenvalue weighted by molar-refractivity contribution is 9.10. The van der Waals surface area contributed by atoms with Crippen molar-refractivity contribution in [3.8, 4) is 0 Å². The van der Waals surface area contributed by atoms with E-state index in [-0.39, 0.29) is 6.42 Å². The van der Waals surface area contributed by atoms with Gasteiger partial charge in [-0.25, -0.2) is 0 Å². The van der Waals surface area contributed by atoms with Crippen molar-refractivity contribution in [1.29, 1.82) is 0 Å². The lowest BCUT2D eigenvalue weighted by atomic mass is 10.3. The summed E-state index contributed by atoms with van der Waals surface area (Å²) in [5, 5.41) is 6.16. The highest BCUT2D eigenvalue weighted by Crippen LogP contribution is 2.26. The van der Waals surface area contributed by atoms with Crippen LogP contribution in [0.5, 0.6) is 0 Å². The van der Waals surface area contributed by atoms with Crippen LogP contribution in [-0.2, 0) is 9.59 Å². The van der Waals surface area contributed by atoms with E-state index in [9.17, 15) is 9.59 Å². The number of hydrogen-bond acceptors (Lipinski definition) is 2. The molecule has 0 fully saturated rings. The summed E-state index contributed by atoms with van der Waals surface area (Å²) in [6.45, 7) is 0. The number of amides is 2. The lowest BCUT2D eigenvalue weighted by Gasteiger charge is -2.08. The number of carbonyl (C=O) groups excluding carboxylic acids is 2. The van der Waals surface area contributed by atoms with Gasteiger partial charge < -0.3 is 10.6 Å². The van der Waals surface area contributed by atoms with Crippen LogP contribution in [0, 0.1) is 0 Å². The van der Waals surface area contributed by atoms with E-state index in [0.717, 1.165) is 8.95 Å². The topological polar surface area (TPSA) is 58.2 Å². The van der Waals surface area contributed by atoms with Crippen LogP contribution in [0.4, 0.5) is 11.4 Å². The van der Waals surface area contributed by atoms with Gasteiger partial charge in [0.2, 0.25) is 11.8 Å². The highest BCUT2D eigenvalue weighted by atomic mass is 79.9. The van der Waals surface area contributed by atoms with Crippen LogP contribution < -0.4 is 10.6 Å². The van der Waals surface area contributed by atoms with E-state index in [4.69, 9.17) is 23.2 Å². The number of nitrogens with one attached hydrogen (secondary N) is 2. The number of halogens is 4. The summed E-state index contributed by atoms with van der Waals surface area (Å²) in [6, 6.07) is 9.97. The molecule has 120 valence electrons. The Morgan fingerprint density at radius 2 is 1.22 bits per heavy atom. The summed E-state index contributed by atoms with van der Waals surface area (Å²) < 4.78 is 1.45. The average Bonchev–Trinajstić information content (AvgIpc) is 2.46. The van der Waals surface area contributed by atoms with Crippen LogP contribution >= 0.6 is 55.1 Å². The predicted molar refractivity (Wildman–Crippen MR) is 100 cm³/mol. The fraction of sp³-hybridized carbons (Fsp3) is 0.0667. The molecule has 0 spiro atoms. The second-order valence-corrected chi connectivity index (χ2v) is 7.05. The van der Waals surface area contributed by atoms with Gasteiger partial charge in [-0.1, -0.05) is 23.2 Å². The number of rotatable bonds is 4. The van der Waals surface area contributed by atoms with Gasteiger partial charge in [0.15, 0.2) is 0 Å². The third kappa shape index (κ3) is 5.49. The van der Waals surface area contributed by atoms with Gasteiger partial charge in [0, 0.05) is 20.3 Å². The molecule has 0 aromatic heterocycles. The standard InChI is InChI=1S/C15H10Br2Cl2N2O2/c16-10-3-1-8(5-12(10)18)20-14(22)7-15(23)21-9-2-4-11(17)13(19)6-9/h1-6H,7H2,(H,20,22)(H,21,23). The zero-order valence-electron chi connectivity index (χ0n) is 11.5. The van der Waals surface area contributed by atoms with Crippen LogP contribution in [0.3, 0.4) is 0 Å². The molecule has 0 unspecified atom stereocenters. The Bertz CT molecular complexity index is 706. The van der Waals surface area contributed by atoms with Gasteiger partial charge in [-0.2, -0.15) is 0 Å². The minimum atomic E-state index is -0.441. The number of anilines is 2. The Labute approximate surface area is 159 Å². The third-order valence-corrected chi connectivity index (χ3v) is 5.19. The van der Waals surface area contributed by atoms with Crippen LogP contribution in [-0.4, -0.2) is 11.8 Å². The van der Waals surface area contributed by atoms with Crippen molar-refractivity contribution in [3.63, 3.8) is 0 Å². The van der Waals surface area contributed by atoms with Gasteiger partial charge in [-0.05, 0) is 68.3 Å². The molecule has 2 aromatic rings. The molecule has 2 amide bonds. The Balaban J connectivity index is 1.92. The Hall–Kier alpha value is -1.08. The van der Waals surface area contributed by atoms with Crippen LogP contribution in [0.1, 0.15) is 6.42 Å². The van der Waals surface area contributed by atoms with Crippen molar-refractivity contribution >= 4 is 78.3 Å². The van der Waals surface area contributed by atoms with Crippen molar-refractivity contribution in [2.24, 2.45) is 0 Å². The maximum atomic E-state index is 11.9. The smallest absolute Gasteiger partial charge is 0.233 e. The minimum absolute atomic E-state index is 0.318. The molecule has 0 bridgehead atoms. The summed E-state index contributed by atoms with van der Waals surface area (Å²) in [5.41, 5.74) is 1.03. The Morgan fingerprint density at radius 3 is 1.57 bits per heavy atom. The Morgan fingerprint density at radius 1 is 0.826 bits per heavy atom. The highest BCUT2D eigenvalue weighted by Gasteiger charge is 2.11. The van der Waals surface area contributed by atoms with Gasteiger partial charge in [-0.3, -0.25) is 9.59 Å². The first-order valence-corrected chi connectivity index (χ1v) is 8.69. The van der Waals surface area contributed by atoms with Crippen LogP contribution in [0.15, 0.2) is 45.3 Å². The van der Waals surface area contributed by atoms with Gasteiger partial charge in [0.25, 0.3) is 0 Å². The summed E-state index contributed by atoms with van der Waals surface area (Å²) in [7, 11) is 0. The van der Waals surface area contributed by atoms with Crippen LogP contribution in [0.25, 0.3) is 0 Å². The fourth-order valence-electron chi connectivity index (χ4n) is 1.70. The quantitative estimate of drug-likeness (QED) is 0.569. The van der Waals surface area contributed by atoms with E-state index >= 15 is 0 Å². The Kier molecular flexibility index (Phi) is 6.47. The van der Waals surface area contributed by atoms with E-state index in [0.29, 0.717) is 21.4 Å². The maximum Gasteiger partial charge on any atom is 0.233 e. The summed E-state index contributed by atoms with van der Waals surface area (Å²) in [6.07, 6.45) is -0.318. The normalized spacial score (nSPS) is 10.3. The average molecular weight is 481 g/mol. The molecule has 0 radical (unpaired) electrons. The molecule has 0 saturated carbocycles. The van der Waals surface area contributed by atoms with Gasteiger partial charge in [0.1, 0.15) is 6.42 Å². The molecule has 0 saturated heterocycles. The molecule has 0 atom stereocenters. The monoisotopic (exact) mass is 478 g/mol. The van der Waals surface area contributed by atoms with E-state index < -0.39 is 11.8 Å². The van der Waals surface area contributed by atoms with E-state index in [1.807, 2.05) is 0 Å². The van der Waals surface area contributed by atoms with Gasteiger partial charge in [-0.15, -0.1) is 0 Å². The third-order valence-electron chi connectivity index (χ3n) is 2.73. The summed E-state index contributed by atoms with van der Waals surface area (Å²) in [5.74, 6) is -0.881. The first-order chi connectivity index (χ1) is 10.8. The van der Waals surface area contributed by atoms with E-state index in [1.54, 1.807) is 36.4 Å². The molecule has 2 rings (SSSR count). The molecule has 2 aromatic carbocycles. The van der Waals surface area contributed by atoms with Crippen molar-refractivity contribution in [1.82, 2.24) is 0 Å². The SMILES string of the molecule is O=C(CC(=O)Nc1ccc(Br)c(Cl)c1)Nc1ccc(Br)c(Cl)c1. The molecule has 0 aliphatic heterocycles. The largest absolute Gasteiger partial charge is 0.326 e. The van der Waals surface area contributed by atoms with Gasteiger partial charge >= 0.3 is 0 Å². The van der Waals surface area contributed by atoms with E-state index in [1.165, 1.54) is 0 Å². The lowest BCUT2D eigenvalue weighted by molar-refractivity contribution is -0.123. The van der Waals surface area contributed by atoms with Crippen molar-refractivity contribution in [3.05, 3.63) is 55.4 Å². The fourth-order valence-corrected chi connectivity index (χ4v) is 2.56. The number of hydrogen-bond donors (Lipinski definition) is 2. The van der Waals surface area contributed by atoms with Crippen LogP contribution in [0.2, 0.25) is 10.0 Å².